The molecule has 0 fully saturated rings. The Kier molecular flexibility index (Phi) is 8.63. The molecule has 0 aromatic heterocycles. The topological polar surface area (TPSA) is 115 Å². The summed E-state index contributed by atoms with van der Waals surface area (Å²) in [4.78, 5) is 31.2. The van der Waals surface area contributed by atoms with Gasteiger partial charge in [0.05, 0.1) is 19.6 Å². The third-order valence-electron chi connectivity index (χ3n) is 1.08. The zero-order valence-electron chi connectivity index (χ0n) is 7.34. The summed E-state index contributed by atoms with van der Waals surface area (Å²) in [5.74, 6) is -3.78. The second-order valence-electron chi connectivity index (χ2n) is 2.33. The zero-order valence-corrected chi connectivity index (χ0v) is 11.4. The average molecular weight is 304 g/mol. The minimum atomic E-state index is -1.26. The Morgan fingerprint density at radius 3 is 1.14 bits per heavy atom. The quantitative estimate of drug-likeness (QED) is 0.514. The van der Waals surface area contributed by atoms with E-state index in [1.165, 1.54) is 0 Å². The van der Waals surface area contributed by atoms with Gasteiger partial charge in [-0.3, -0.25) is 19.3 Å². The average Bonchev–Trinajstić information content (AvgIpc) is 1.80. The summed E-state index contributed by atoms with van der Waals surface area (Å²) in [6.07, 6.45) is 0. The van der Waals surface area contributed by atoms with Gasteiger partial charge in [0.2, 0.25) is 0 Å². The summed E-state index contributed by atoms with van der Waals surface area (Å²) in [6.45, 7) is -1.80. The first-order valence-electron chi connectivity index (χ1n) is 3.29. The van der Waals surface area contributed by atoms with Crippen LogP contribution >= 0.6 is 0 Å². The first-order valence-corrected chi connectivity index (χ1v) is 3.29. The number of nitrogens with zero attached hydrogens (tertiary/aromatic N) is 1. The first-order chi connectivity index (χ1) is 5.91. The van der Waals surface area contributed by atoms with Crippen LogP contribution in [0.2, 0.25) is 0 Å². The van der Waals surface area contributed by atoms with Crippen LogP contribution in [0.25, 0.3) is 0 Å². The number of carboxylic acids is 3. The summed E-state index contributed by atoms with van der Waals surface area (Å²) in [6, 6.07) is 0. The van der Waals surface area contributed by atoms with Gasteiger partial charge in [-0.05, 0) is 0 Å². The van der Waals surface area contributed by atoms with E-state index in [1.54, 1.807) is 0 Å². The zero-order chi connectivity index (χ0) is 10.4. The molecule has 3 N–H and O–H groups in total. The van der Waals surface area contributed by atoms with Crippen LogP contribution in [-0.4, -0.2) is 57.8 Å². The molecule has 0 aliphatic rings. The second-order valence-corrected chi connectivity index (χ2v) is 2.33. The standard InChI is InChI=1S/C6H9NO6.Cd/c8-4(9)1-7(2-5(10)11)3-6(12)13;/h1-3H2,(H,8,9)(H,10,11)(H,12,13);. The number of hydrogen-bond acceptors (Lipinski definition) is 4. The maximum atomic E-state index is 10.1. The summed E-state index contributed by atoms with van der Waals surface area (Å²) in [5.41, 5.74) is 0. The van der Waals surface area contributed by atoms with E-state index in [2.05, 4.69) is 0 Å². The molecule has 0 unspecified atom stereocenters. The van der Waals surface area contributed by atoms with Gasteiger partial charge in [-0.15, -0.1) is 0 Å². The molecule has 0 saturated heterocycles. The van der Waals surface area contributed by atoms with Crippen molar-refractivity contribution in [2.45, 2.75) is 0 Å². The molecular formula is C6H9CdNO6. The van der Waals surface area contributed by atoms with Crippen LogP contribution in [0.4, 0.5) is 0 Å². The van der Waals surface area contributed by atoms with Gasteiger partial charge in [0.15, 0.2) is 0 Å². The molecular weight excluding hydrogens is 294 g/mol. The molecule has 14 heavy (non-hydrogen) atoms. The molecule has 0 spiro atoms. The molecule has 0 aromatic carbocycles. The molecule has 7 nitrogen and oxygen atoms in total. The van der Waals surface area contributed by atoms with Gasteiger partial charge < -0.3 is 15.3 Å². The van der Waals surface area contributed by atoms with Crippen LogP contribution in [0.15, 0.2) is 0 Å². The Balaban J connectivity index is 0. The van der Waals surface area contributed by atoms with Crippen LogP contribution in [0.3, 0.4) is 0 Å². The van der Waals surface area contributed by atoms with Gasteiger partial charge in [0, 0.05) is 27.3 Å². The molecule has 76 valence electrons. The predicted molar refractivity (Wildman–Crippen MR) is 39.3 cm³/mol. The van der Waals surface area contributed by atoms with Crippen molar-refractivity contribution in [3.8, 4) is 0 Å². The summed E-state index contributed by atoms with van der Waals surface area (Å²) in [7, 11) is 0. The Hall–Kier alpha value is -0.708. The number of aliphatic carboxylic acids is 3. The third kappa shape index (κ3) is 9.38. The maximum absolute atomic E-state index is 10.1. The summed E-state index contributed by atoms with van der Waals surface area (Å²) < 4.78 is 0. The van der Waals surface area contributed by atoms with Gasteiger partial charge in [0.25, 0.3) is 0 Å². The van der Waals surface area contributed by atoms with Crippen molar-refractivity contribution in [1.82, 2.24) is 4.90 Å². The van der Waals surface area contributed by atoms with E-state index < -0.39 is 37.5 Å². The number of carboxylic acid groups (broad SMARTS) is 3. The van der Waals surface area contributed by atoms with Crippen molar-refractivity contribution < 1.29 is 57.0 Å². The molecule has 0 bridgehead atoms. The van der Waals surface area contributed by atoms with E-state index >= 15 is 0 Å². The predicted octanol–water partition coefficient (Wildman–Crippen LogP) is -1.46. The fourth-order valence-corrected chi connectivity index (χ4v) is 0.742. The fourth-order valence-electron chi connectivity index (χ4n) is 0.742. The van der Waals surface area contributed by atoms with E-state index in [4.69, 9.17) is 15.3 Å². The van der Waals surface area contributed by atoms with E-state index in [-0.39, 0.29) is 27.3 Å². The van der Waals surface area contributed by atoms with E-state index in [9.17, 15) is 14.4 Å². The van der Waals surface area contributed by atoms with Crippen LogP contribution in [-0.2, 0) is 41.7 Å². The number of rotatable bonds is 6. The SMILES string of the molecule is O=C(O)CN(CC(=O)O)CC(=O)O.[Cd]. The molecule has 0 aliphatic heterocycles. The van der Waals surface area contributed by atoms with Crippen molar-refractivity contribution in [3.05, 3.63) is 0 Å². The molecule has 0 atom stereocenters. The summed E-state index contributed by atoms with van der Waals surface area (Å²) >= 11 is 0. The van der Waals surface area contributed by atoms with Crippen molar-refractivity contribution in [2.75, 3.05) is 19.6 Å². The molecule has 0 aromatic rings. The van der Waals surface area contributed by atoms with E-state index in [1.807, 2.05) is 0 Å². The van der Waals surface area contributed by atoms with Gasteiger partial charge in [-0.25, -0.2) is 0 Å². The van der Waals surface area contributed by atoms with E-state index in [0.717, 1.165) is 4.90 Å². The largest absolute Gasteiger partial charge is 0.480 e. The minimum absolute atomic E-state index is 0. The first kappa shape index (κ1) is 15.8. The van der Waals surface area contributed by atoms with Gasteiger partial charge in [-0.1, -0.05) is 0 Å². The minimum Gasteiger partial charge on any atom is -0.480 e. The molecule has 0 saturated carbocycles. The van der Waals surface area contributed by atoms with Crippen LogP contribution in [0.5, 0.6) is 0 Å². The molecule has 0 heterocycles. The molecule has 0 aliphatic carbocycles. The smallest absolute Gasteiger partial charge is 0.317 e. The normalized spacial score (nSPS) is 9.21. The molecule has 0 radical (unpaired) electrons. The second kappa shape index (κ2) is 7.67. The number of hydrogen-bond donors (Lipinski definition) is 3. The Bertz CT molecular complexity index is 192. The van der Waals surface area contributed by atoms with Crippen molar-refractivity contribution in [3.63, 3.8) is 0 Å². The van der Waals surface area contributed by atoms with E-state index in [0.29, 0.717) is 0 Å². The molecule has 0 rings (SSSR count). The van der Waals surface area contributed by atoms with Crippen molar-refractivity contribution in [2.24, 2.45) is 0 Å². The Morgan fingerprint density at radius 1 is 0.786 bits per heavy atom. The van der Waals surface area contributed by atoms with Crippen molar-refractivity contribution in [1.29, 1.82) is 0 Å². The monoisotopic (exact) mass is 305 g/mol. The Labute approximate surface area is 99.5 Å². The van der Waals surface area contributed by atoms with Crippen molar-refractivity contribution >= 4 is 17.9 Å². The molecule has 8 heteroatoms. The van der Waals surface area contributed by atoms with Gasteiger partial charge in [0.1, 0.15) is 0 Å². The molecule has 0 amide bonds. The number of carbonyl (C=O) groups is 3. The van der Waals surface area contributed by atoms with Gasteiger partial charge >= 0.3 is 17.9 Å². The van der Waals surface area contributed by atoms with Crippen LogP contribution in [0.1, 0.15) is 0 Å². The summed E-state index contributed by atoms with van der Waals surface area (Å²) in [5, 5.41) is 24.8. The maximum Gasteiger partial charge on any atom is 0.317 e. The fraction of sp³-hybridized carbons (Fsp3) is 0.500. The third-order valence-corrected chi connectivity index (χ3v) is 1.08. The van der Waals surface area contributed by atoms with Gasteiger partial charge in [-0.2, -0.15) is 0 Å². The van der Waals surface area contributed by atoms with Crippen LogP contribution in [0, 0.1) is 0 Å². The van der Waals surface area contributed by atoms with Crippen LogP contribution < -0.4 is 0 Å². The Morgan fingerprint density at radius 2 is 1.00 bits per heavy atom.